The van der Waals surface area contributed by atoms with Crippen LogP contribution < -0.4 is 10.2 Å². The maximum Gasteiger partial charge on any atom is 0.106 e. The topological polar surface area (TPSA) is 28.2 Å². The smallest absolute Gasteiger partial charge is 0.106 e. The van der Waals surface area contributed by atoms with E-state index in [4.69, 9.17) is 0 Å². The first-order valence-corrected chi connectivity index (χ1v) is 7.79. The molecule has 1 fully saturated rings. The van der Waals surface area contributed by atoms with Crippen LogP contribution in [-0.2, 0) is 0 Å². The number of piperidine rings is 1. The molecular weight excluding hydrogens is 314 g/mol. The number of hydrogen-bond donors (Lipinski definition) is 1. The number of nitrogens with zero attached hydrogens (tertiary/aromatic N) is 2. The minimum absolute atomic E-state index is 0.540. The molecule has 1 aliphatic rings. The van der Waals surface area contributed by atoms with Crippen molar-refractivity contribution in [3.63, 3.8) is 0 Å². The molecule has 0 bridgehead atoms. The zero-order valence-corrected chi connectivity index (χ0v) is 12.9. The Kier molecular flexibility index (Phi) is 4.21. The van der Waals surface area contributed by atoms with E-state index in [0.29, 0.717) is 6.04 Å². The Balaban J connectivity index is 1.55. The number of para-hydroxylation sites is 1. The second kappa shape index (κ2) is 6.27. The molecule has 104 valence electrons. The predicted octanol–water partition coefficient (Wildman–Crippen LogP) is 3.93. The average Bonchev–Trinajstić information content (AvgIpc) is 2.51. The van der Waals surface area contributed by atoms with Gasteiger partial charge in [0.2, 0.25) is 0 Å². The Bertz CT molecular complexity index is 533. The van der Waals surface area contributed by atoms with E-state index in [1.807, 2.05) is 12.3 Å². The molecule has 0 saturated carbocycles. The number of pyridine rings is 1. The fraction of sp³-hybridized carbons (Fsp3) is 0.312. The number of halogens is 1. The summed E-state index contributed by atoms with van der Waals surface area (Å²) in [5, 5.41) is 3.57. The summed E-state index contributed by atoms with van der Waals surface area (Å²) in [6.07, 6.45) is 4.20. The SMILES string of the molecule is Brc1ccc(NC2CCN(c3ccccc3)CC2)cn1. The van der Waals surface area contributed by atoms with Gasteiger partial charge in [-0.3, -0.25) is 0 Å². The molecule has 3 rings (SSSR count). The van der Waals surface area contributed by atoms with Gasteiger partial charge in [0, 0.05) is 24.8 Å². The molecule has 0 unspecified atom stereocenters. The van der Waals surface area contributed by atoms with Crippen molar-refractivity contribution in [1.29, 1.82) is 0 Å². The van der Waals surface area contributed by atoms with Gasteiger partial charge in [-0.05, 0) is 53.0 Å². The van der Waals surface area contributed by atoms with Gasteiger partial charge in [0.1, 0.15) is 4.60 Å². The third-order valence-electron chi connectivity index (χ3n) is 3.71. The Labute approximate surface area is 128 Å². The highest BCUT2D eigenvalue weighted by Crippen LogP contribution is 2.21. The standard InChI is InChI=1S/C16H18BrN3/c17-16-7-6-14(12-18-16)19-13-8-10-20(11-9-13)15-4-2-1-3-5-15/h1-7,12-13,19H,8-11H2. The van der Waals surface area contributed by atoms with Gasteiger partial charge in [0.25, 0.3) is 0 Å². The second-order valence-electron chi connectivity index (χ2n) is 5.11. The second-order valence-corrected chi connectivity index (χ2v) is 5.92. The summed E-state index contributed by atoms with van der Waals surface area (Å²) in [4.78, 5) is 6.71. The van der Waals surface area contributed by atoms with Crippen LogP contribution in [-0.4, -0.2) is 24.1 Å². The van der Waals surface area contributed by atoms with Crippen LogP contribution in [0.3, 0.4) is 0 Å². The number of hydrogen-bond acceptors (Lipinski definition) is 3. The van der Waals surface area contributed by atoms with Crippen LogP contribution >= 0.6 is 15.9 Å². The van der Waals surface area contributed by atoms with Crippen LogP contribution in [0.2, 0.25) is 0 Å². The van der Waals surface area contributed by atoms with Crippen molar-refractivity contribution in [2.45, 2.75) is 18.9 Å². The van der Waals surface area contributed by atoms with Crippen molar-refractivity contribution < 1.29 is 0 Å². The van der Waals surface area contributed by atoms with E-state index < -0.39 is 0 Å². The Morgan fingerprint density at radius 2 is 1.80 bits per heavy atom. The summed E-state index contributed by atoms with van der Waals surface area (Å²) in [7, 11) is 0. The number of anilines is 2. The molecule has 1 aromatic heterocycles. The van der Waals surface area contributed by atoms with Gasteiger partial charge >= 0.3 is 0 Å². The molecule has 0 aliphatic carbocycles. The summed E-state index contributed by atoms with van der Waals surface area (Å²) >= 11 is 3.36. The van der Waals surface area contributed by atoms with Gasteiger partial charge in [0.15, 0.2) is 0 Å². The summed E-state index contributed by atoms with van der Waals surface area (Å²) in [6, 6.07) is 15.2. The Hall–Kier alpha value is -1.55. The summed E-state index contributed by atoms with van der Waals surface area (Å²) in [5.41, 5.74) is 2.43. The van der Waals surface area contributed by atoms with Gasteiger partial charge in [-0.1, -0.05) is 18.2 Å². The first-order chi connectivity index (χ1) is 9.81. The summed E-state index contributed by atoms with van der Waals surface area (Å²) < 4.78 is 0.877. The van der Waals surface area contributed by atoms with E-state index in [9.17, 15) is 0 Å². The van der Waals surface area contributed by atoms with E-state index in [2.05, 4.69) is 67.5 Å². The molecule has 2 heterocycles. The molecule has 0 radical (unpaired) electrons. The fourth-order valence-electron chi connectivity index (χ4n) is 2.62. The zero-order valence-electron chi connectivity index (χ0n) is 11.3. The first-order valence-electron chi connectivity index (χ1n) is 6.99. The van der Waals surface area contributed by atoms with Gasteiger partial charge in [-0.2, -0.15) is 0 Å². The monoisotopic (exact) mass is 331 g/mol. The van der Waals surface area contributed by atoms with E-state index in [-0.39, 0.29) is 0 Å². The first kappa shape index (κ1) is 13.4. The van der Waals surface area contributed by atoms with Crippen LogP contribution in [0.15, 0.2) is 53.3 Å². The highest BCUT2D eigenvalue weighted by Gasteiger charge is 2.19. The highest BCUT2D eigenvalue weighted by atomic mass is 79.9. The maximum atomic E-state index is 4.25. The van der Waals surface area contributed by atoms with Crippen molar-refractivity contribution in [1.82, 2.24) is 4.98 Å². The molecule has 1 aromatic carbocycles. The van der Waals surface area contributed by atoms with Crippen molar-refractivity contribution in [2.24, 2.45) is 0 Å². The van der Waals surface area contributed by atoms with Gasteiger partial charge < -0.3 is 10.2 Å². The quantitative estimate of drug-likeness (QED) is 0.864. The highest BCUT2D eigenvalue weighted by molar-refractivity contribution is 9.10. The van der Waals surface area contributed by atoms with E-state index >= 15 is 0 Å². The van der Waals surface area contributed by atoms with Crippen molar-refractivity contribution >= 4 is 27.3 Å². The van der Waals surface area contributed by atoms with Crippen molar-refractivity contribution in [3.8, 4) is 0 Å². The van der Waals surface area contributed by atoms with Gasteiger partial charge in [-0.25, -0.2) is 4.98 Å². The molecule has 20 heavy (non-hydrogen) atoms. The summed E-state index contributed by atoms with van der Waals surface area (Å²) in [5.74, 6) is 0. The third-order valence-corrected chi connectivity index (χ3v) is 4.18. The van der Waals surface area contributed by atoms with Gasteiger partial charge in [0.05, 0.1) is 11.9 Å². The van der Waals surface area contributed by atoms with E-state index in [1.165, 1.54) is 5.69 Å². The number of rotatable bonds is 3. The van der Waals surface area contributed by atoms with Crippen LogP contribution in [0, 0.1) is 0 Å². The Morgan fingerprint density at radius 1 is 1.05 bits per heavy atom. The molecular formula is C16H18BrN3. The molecule has 0 amide bonds. The average molecular weight is 332 g/mol. The zero-order chi connectivity index (χ0) is 13.8. The molecule has 1 N–H and O–H groups in total. The predicted molar refractivity (Wildman–Crippen MR) is 87.2 cm³/mol. The molecule has 0 atom stereocenters. The fourth-order valence-corrected chi connectivity index (χ4v) is 2.85. The molecule has 0 spiro atoms. The minimum atomic E-state index is 0.540. The van der Waals surface area contributed by atoms with E-state index in [1.54, 1.807) is 0 Å². The lowest BCUT2D eigenvalue weighted by Gasteiger charge is -2.34. The molecule has 4 heteroatoms. The normalized spacial score (nSPS) is 16.1. The molecule has 1 saturated heterocycles. The molecule has 1 aliphatic heterocycles. The Morgan fingerprint density at radius 3 is 2.45 bits per heavy atom. The molecule has 2 aromatic rings. The lowest BCUT2D eigenvalue weighted by atomic mass is 10.0. The number of nitrogens with one attached hydrogen (secondary N) is 1. The van der Waals surface area contributed by atoms with Crippen LogP contribution in [0.25, 0.3) is 0 Å². The van der Waals surface area contributed by atoms with Crippen LogP contribution in [0.4, 0.5) is 11.4 Å². The summed E-state index contributed by atoms with van der Waals surface area (Å²) in [6.45, 7) is 2.21. The van der Waals surface area contributed by atoms with E-state index in [0.717, 1.165) is 36.2 Å². The minimum Gasteiger partial charge on any atom is -0.381 e. The lowest BCUT2D eigenvalue weighted by Crippen LogP contribution is -2.39. The van der Waals surface area contributed by atoms with Crippen LogP contribution in [0.5, 0.6) is 0 Å². The maximum absolute atomic E-state index is 4.25. The van der Waals surface area contributed by atoms with Crippen molar-refractivity contribution in [3.05, 3.63) is 53.3 Å². The number of benzene rings is 1. The van der Waals surface area contributed by atoms with Crippen molar-refractivity contribution in [2.75, 3.05) is 23.3 Å². The van der Waals surface area contributed by atoms with Gasteiger partial charge in [-0.15, -0.1) is 0 Å². The number of aromatic nitrogens is 1. The molecule has 3 nitrogen and oxygen atoms in total. The lowest BCUT2D eigenvalue weighted by molar-refractivity contribution is 0.526. The third kappa shape index (κ3) is 3.31. The van der Waals surface area contributed by atoms with Crippen LogP contribution in [0.1, 0.15) is 12.8 Å². The largest absolute Gasteiger partial charge is 0.381 e.